The van der Waals surface area contributed by atoms with Crippen molar-refractivity contribution in [1.82, 2.24) is 10.3 Å². The minimum Gasteiger partial charge on any atom is -0.497 e. The van der Waals surface area contributed by atoms with Gasteiger partial charge in [-0.15, -0.1) is 0 Å². The number of methoxy groups -OCH3 is 1. The van der Waals surface area contributed by atoms with Gasteiger partial charge in [-0.25, -0.2) is 0 Å². The average Bonchev–Trinajstić information content (AvgIpc) is 3.14. The van der Waals surface area contributed by atoms with E-state index < -0.39 is 0 Å². The molecule has 1 amide bonds. The summed E-state index contributed by atoms with van der Waals surface area (Å²) in [6, 6.07) is 16.2. The van der Waals surface area contributed by atoms with Crippen LogP contribution in [-0.4, -0.2) is 18.0 Å². The maximum atomic E-state index is 12.1. The zero-order chi connectivity index (χ0) is 17.5. The molecule has 25 heavy (non-hydrogen) atoms. The van der Waals surface area contributed by atoms with Gasteiger partial charge in [0.05, 0.1) is 19.3 Å². The predicted octanol–water partition coefficient (Wildman–Crippen LogP) is 3.19. The third-order valence-corrected chi connectivity index (χ3v) is 3.46. The number of furan rings is 1. The predicted molar refractivity (Wildman–Crippen MR) is 91.4 cm³/mol. The molecule has 2 heterocycles. The number of nitrogens with one attached hydrogen (secondary N) is 1. The number of hydrogen-bond acceptors (Lipinski definition) is 5. The van der Waals surface area contributed by atoms with Gasteiger partial charge in [0.2, 0.25) is 0 Å². The molecule has 0 fully saturated rings. The summed E-state index contributed by atoms with van der Waals surface area (Å²) in [4.78, 5) is 16.3. The van der Waals surface area contributed by atoms with Crippen LogP contribution in [0, 0.1) is 0 Å². The van der Waals surface area contributed by atoms with E-state index in [1.54, 1.807) is 31.5 Å². The molecule has 1 N–H and O–H groups in total. The zero-order valence-corrected chi connectivity index (χ0v) is 13.8. The van der Waals surface area contributed by atoms with E-state index in [2.05, 4.69) is 10.3 Å². The molecule has 0 aliphatic heterocycles. The second-order valence-electron chi connectivity index (χ2n) is 5.24. The maximum Gasteiger partial charge on any atom is 0.287 e. The number of rotatable bonds is 7. The third kappa shape index (κ3) is 4.60. The van der Waals surface area contributed by atoms with Gasteiger partial charge >= 0.3 is 0 Å². The highest BCUT2D eigenvalue weighted by Gasteiger charge is 2.11. The molecule has 0 aliphatic carbocycles. The lowest BCUT2D eigenvalue weighted by Gasteiger charge is -2.06. The van der Waals surface area contributed by atoms with Crippen LogP contribution in [0.4, 0.5) is 0 Å². The first-order chi connectivity index (χ1) is 12.2. The number of pyridine rings is 1. The number of carbonyl (C=O) groups excluding carboxylic acids is 1. The van der Waals surface area contributed by atoms with Gasteiger partial charge in [0.15, 0.2) is 5.76 Å². The molecular weight excluding hydrogens is 320 g/mol. The van der Waals surface area contributed by atoms with Crippen LogP contribution in [0.5, 0.6) is 11.5 Å². The van der Waals surface area contributed by atoms with Crippen molar-refractivity contribution in [1.29, 1.82) is 0 Å². The Labute approximate surface area is 145 Å². The molecule has 0 radical (unpaired) electrons. The van der Waals surface area contributed by atoms with E-state index in [0.717, 1.165) is 5.69 Å². The summed E-state index contributed by atoms with van der Waals surface area (Å²) < 4.78 is 16.3. The van der Waals surface area contributed by atoms with Crippen LogP contribution in [0.25, 0.3) is 0 Å². The summed E-state index contributed by atoms with van der Waals surface area (Å²) in [5, 5.41) is 2.76. The van der Waals surface area contributed by atoms with Crippen molar-refractivity contribution in [3.63, 3.8) is 0 Å². The molecule has 1 aromatic carbocycles. The standard InChI is InChI=1S/C19H18N2O4/c1-23-15-6-4-7-16(11-15)24-13-17-8-9-18(25-17)19(22)21-12-14-5-2-3-10-20-14/h2-11H,12-13H2,1H3,(H,21,22). The molecule has 2 aromatic heterocycles. The van der Waals surface area contributed by atoms with Crippen molar-refractivity contribution in [2.24, 2.45) is 0 Å². The maximum absolute atomic E-state index is 12.1. The van der Waals surface area contributed by atoms with Crippen molar-refractivity contribution in [2.75, 3.05) is 7.11 Å². The zero-order valence-electron chi connectivity index (χ0n) is 13.8. The van der Waals surface area contributed by atoms with Crippen molar-refractivity contribution in [3.8, 4) is 11.5 Å². The molecule has 128 valence electrons. The highest BCUT2D eigenvalue weighted by atomic mass is 16.5. The van der Waals surface area contributed by atoms with E-state index in [-0.39, 0.29) is 18.3 Å². The monoisotopic (exact) mass is 338 g/mol. The quantitative estimate of drug-likeness (QED) is 0.716. The highest BCUT2D eigenvalue weighted by molar-refractivity contribution is 5.91. The lowest BCUT2D eigenvalue weighted by molar-refractivity contribution is 0.0918. The van der Waals surface area contributed by atoms with Gasteiger partial charge in [-0.1, -0.05) is 12.1 Å². The molecule has 0 atom stereocenters. The third-order valence-electron chi connectivity index (χ3n) is 3.46. The first-order valence-electron chi connectivity index (χ1n) is 7.78. The van der Waals surface area contributed by atoms with Crippen LogP contribution in [0.1, 0.15) is 22.0 Å². The van der Waals surface area contributed by atoms with E-state index in [0.29, 0.717) is 23.8 Å². The van der Waals surface area contributed by atoms with E-state index in [4.69, 9.17) is 13.9 Å². The number of amides is 1. The Morgan fingerprint density at radius 3 is 2.80 bits per heavy atom. The topological polar surface area (TPSA) is 73.6 Å². The Balaban J connectivity index is 1.53. The molecule has 6 heteroatoms. The SMILES string of the molecule is COc1cccc(OCc2ccc(C(=O)NCc3ccccn3)o2)c1. The van der Waals surface area contributed by atoms with E-state index >= 15 is 0 Å². The number of ether oxygens (including phenoxy) is 2. The Bertz CT molecular complexity index is 830. The lowest BCUT2D eigenvalue weighted by atomic mass is 10.3. The van der Waals surface area contributed by atoms with Crippen molar-refractivity contribution < 1.29 is 18.7 Å². The number of hydrogen-bond donors (Lipinski definition) is 1. The van der Waals surface area contributed by atoms with Crippen LogP contribution < -0.4 is 14.8 Å². The van der Waals surface area contributed by atoms with E-state index in [9.17, 15) is 4.79 Å². The Hall–Kier alpha value is -3.28. The van der Waals surface area contributed by atoms with Gasteiger partial charge in [0, 0.05) is 12.3 Å². The first kappa shape index (κ1) is 16.6. The number of carbonyl (C=O) groups is 1. The molecule has 0 bridgehead atoms. The van der Waals surface area contributed by atoms with Crippen molar-refractivity contribution >= 4 is 5.91 Å². The number of benzene rings is 1. The highest BCUT2D eigenvalue weighted by Crippen LogP contribution is 2.20. The molecule has 3 rings (SSSR count). The second-order valence-corrected chi connectivity index (χ2v) is 5.24. The fraction of sp³-hybridized carbons (Fsp3) is 0.158. The first-order valence-corrected chi connectivity index (χ1v) is 7.78. The fourth-order valence-corrected chi connectivity index (χ4v) is 2.18. The summed E-state index contributed by atoms with van der Waals surface area (Å²) >= 11 is 0. The second kappa shape index (κ2) is 8.01. The summed E-state index contributed by atoms with van der Waals surface area (Å²) in [5.74, 6) is 1.88. The molecule has 0 aliphatic rings. The molecule has 0 saturated heterocycles. The minimum absolute atomic E-state index is 0.223. The van der Waals surface area contributed by atoms with Gasteiger partial charge in [0.25, 0.3) is 5.91 Å². The number of nitrogens with zero attached hydrogens (tertiary/aromatic N) is 1. The van der Waals surface area contributed by atoms with Crippen LogP contribution >= 0.6 is 0 Å². The van der Waals surface area contributed by atoms with E-state index in [1.165, 1.54) is 0 Å². The average molecular weight is 338 g/mol. The molecule has 0 saturated carbocycles. The van der Waals surface area contributed by atoms with Gasteiger partial charge in [-0.3, -0.25) is 9.78 Å². The van der Waals surface area contributed by atoms with E-state index in [1.807, 2.05) is 36.4 Å². The van der Waals surface area contributed by atoms with Crippen LogP contribution in [0.2, 0.25) is 0 Å². The molecule has 6 nitrogen and oxygen atoms in total. The Morgan fingerprint density at radius 2 is 2.00 bits per heavy atom. The van der Waals surface area contributed by atoms with Gasteiger partial charge in [-0.2, -0.15) is 0 Å². The van der Waals surface area contributed by atoms with Crippen LogP contribution in [0.15, 0.2) is 65.2 Å². The molecule has 0 spiro atoms. The molecular formula is C19H18N2O4. The van der Waals surface area contributed by atoms with Gasteiger partial charge in [-0.05, 0) is 36.4 Å². The summed E-state index contributed by atoms with van der Waals surface area (Å²) in [7, 11) is 1.60. The summed E-state index contributed by atoms with van der Waals surface area (Å²) in [6.07, 6.45) is 1.68. The fourth-order valence-electron chi connectivity index (χ4n) is 2.18. The molecule has 0 unspecified atom stereocenters. The Morgan fingerprint density at radius 1 is 1.12 bits per heavy atom. The summed E-state index contributed by atoms with van der Waals surface area (Å²) in [5.41, 5.74) is 0.781. The van der Waals surface area contributed by atoms with Crippen molar-refractivity contribution in [3.05, 3.63) is 78.0 Å². The van der Waals surface area contributed by atoms with Crippen LogP contribution in [0.3, 0.4) is 0 Å². The lowest BCUT2D eigenvalue weighted by Crippen LogP contribution is -2.22. The molecule has 3 aromatic rings. The van der Waals surface area contributed by atoms with Crippen molar-refractivity contribution in [2.45, 2.75) is 13.2 Å². The van der Waals surface area contributed by atoms with Gasteiger partial charge < -0.3 is 19.2 Å². The largest absolute Gasteiger partial charge is 0.497 e. The minimum atomic E-state index is -0.293. The summed E-state index contributed by atoms with van der Waals surface area (Å²) in [6.45, 7) is 0.566. The van der Waals surface area contributed by atoms with Gasteiger partial charge in [0.1, 0.15) is 23.9 Å². The smallest absolute Gasteiger partial charge is 0.287 e. The normalized spacial score (nSPS) is 10.3. The van der Waals surface area contributed by atoms with Crippen LogP contribution in [-0.2, 0) is 13.2 Å². The number of aromatic nitrogens is 1. The Kier molecular flexibility index (Phi) is 5.31.